The smallest absolute Gasteiger partial charge is 0.423 e. The number of allylic oxidation sites excluding steroid dienone is 4. The Morgan fingerprint density at radius 2 is 1.91 bits per heavy atom. The molecule has 0 aromatic carbocycles. The van der Waals surface area contributed by atoms with Crippen molar-refractivity contribution in [3.8, 4) is 6.07 Å². The lowest BCUT2D eigenvalue weighted by atomic mass is 9.80. The highest BCUT2D eigenvalue weighted by molar-refractivity contribution is 6.51. The van der Waals surface area contributed by atoms with Crippen molar-refractivity contribution < 1.29 is 10.0 Å². The molecule has 11 heavy (non-hydrogen) atoms. The molecule has 0 radical (unpaired) electrons. The van der Waals surface area contributed by atoms with Crippen molar-refractivity contribution in [3.05, 3.63) is 36.4 Å². The van der Waals surface area contributed by atoms with Gasteiger partial charge in [-0.05, 0) is 11.5 Å². The van der Waals surface area contributed by atoms with Gasteiger partial charge in [0, 0.05) is 5.57 Å². The molecule has 0 aliphatic rings. The number of rotatable bonds is 3. The van der Waals surface area contributed by atoms with E-state index < -0.39 is 7.12 Å². The van der Waals surface area contributed by atoms with Gasteiger partial charge >= 0.3 is 7.12 Å². The van der Waals surface area contributed by atoms with Gasteiger partial charge in [0.25, 0.3) is 0 Å². The molecule has 2 N–H and O–H groups in total. The second-order valence-corrected chi connectivity index (χ2v) is 1.92. The Hall–Kier alpha value is -1.31. The summed E-state index contributed by atoms with van der Waals surface area (Å²) >= 11 is 0. The van der Waals surface area contributed by atoms with Crippen molar-refractivity contribution in [2.75, 3.05) is 0 Å². The van der Waals surface area contributed by atoms with Gasteiger partial charge in [-0.1, -0.05) is 19.2 Å². The Morgan fingerprint density at radius 1 is 1.36 bits per heavy atom. The molecule has 0 unspecified atom stereocenters. The summed E-state index contributed by atoms with van der Waals surface area (Å²) in [7, 11) is -1.57. The van der Waals surface area contributed by atoms with E-state index in [2.05, 4.69) is 13.2 Å². The molecule has 0 fully saturated rings. The summed E-state index contributed by atoms with van der Waals surface area (Å²) in [4.78, 5) is 0. The van der Waals surface area contributed by atoms with E-state index in [4.69, 9.17) is 15.3 Å². The minimum absolute atomic E-state index is 0.126. The fourth-order valence-corrected chi connectivity index (χ4v) is 0.331. The van der Waals surface area contributed by atoms with Crippen LogP contribution in [0.1, 0.15) is 0 Å². The molecule has 0 heterocycles. The molecule has 0 rings (SSSR count). The van der Waals surface area contributed by atoms with Crippen LogP contribution in [0.3, 0.4) is 0 Å². The molecule has 0 atom stereocenters. The third-order valence-corrected chi connectivity index (χ3v) is 0.974. The zero-order valence-corrected chi connectivity index (χ0v) is 5.99. The Balaban J connectivity index is 4.06. The van der Waals surface area contributed by atoms with Gasteiger partial charge in [0.15, 0.2) is 0 Å². The van der Waals surface area contributed by atoms with Crippen LogP contribution in [0, 0.1) is 11.3 Å². The fraction of sp³-hybridized carbons (Fsp3) is 0. The van der Waals surface area contributed by atoms with Gasteiger partial charge in [0.2, 0.25) is 0 Å². The van der Waals surface area contributed by atoms with Crippen LogP contribution in [-0.4, -0.2) is 17.2 Å². The molecule has 0 amide bonds. The topological polar surface area (TPSA) is 64.2 Å². The molecule has 4 heteroatoms. The van der Waals surface area contributed by atoms with Gasteiger partial charge in [-0.3, -0.25) is 0 Å². The second kappa shape index (κ2) is 4.50. The SMILES string of the molecule is C=C(C#N)/C=C\C(=C)B(O)O. The third kappa shape index (κ3) is 4.15. The first-order valence-corrected chi connectivity index (χ1v) is 2.90. The highest BCUT2D eigenvalue weighted by Crippen LogP contribution is 1.97. The quantitative estimate of drug-likeness (QED) is 0.342. The predicted octanol–water partition coefficient (Wildman–Crippen LogP) is 0.191. The van der Waals surface area contributed by atoms with E-state index in [1.807, 2.05) is 0 Å². The number of nitrogens with zero attached hydrogens (tertiary/aromatic N) is 1. The van der Waals surface area contributed by atoms with Crippen molar-refractivity contribution in [1.82, 2.24) is 0 Å². The first-order chi connectivity index (χ1) is 5.07. The van der Waals surface area contributed by atoms with Gasteiger partial charge in [-0.15, -0.1) is 0 Å². The maximum atomic E-state index is 8.50. The maximum Gasteiger partial charge on any atom is 0.487 e. The van der Waals surface area contributed by atoms with Crippen LogP contribution in [0.25, 0.3) is 0 Å². The summed E-state index contributed by atoms with van der Waals surface area (Å²) in [6.45, 7) is 6.68. The molecule has 0 aromatic heterocycles. The molecule has 0 aliphatic carbocycles. The summed E-state index contributed by atoms with van der Waals surface area (Å²) < 4.78 is 0. The van der Waals surface area contributed by atoms with Gasteiger partial charge in [0.05, 0.1) is 6.07 Å². The van der Waals surface area contributed by atoms with E-state index in [0.29, 0.717) is 0 Å². The van der Waals surface area contributed by atoms with Gasteiger partial charge < -0.3 is 10.0 Å². The van der Waals surface area contributed by atoms with Gasteiger partial charge in [0.1, 0.15) is 0 Å². The van der Waals surface area contributed by atoms with Crippen LogP contribution >= 0.6 is 0 Å². The van der Waals surface area contributed by atoms with Crippen LogP contribution in [0.5, 0.6) is 0 Å². The molecular formula is C7H8BNO2. The van der Waals surface area contributed by atoms with E-state index in [0.717, 1.165) is 0 Å². The summed E-state index contributed by atoms with van der Waals surface area (Å²) in [5, 5.41) is 25.2. The summed E-state index contributed by atoms with van der Waals surface area (Å²) in [5.41, 5.74) is 0.369. The van der Waals surface area contributed by atoms with E-state index in [9.17, 15) is 0 Å². The molecule has 0 spiro atoms. The minimum Gasteiger partial charge on any atom is -0.423 e. The molecular weight excluding hydrogens is 141 g/mol. The number of hydrogen-bond donors (Lipinski definition) is 2. The Morgan fingerprint density at radius 3 is 2.27 bits per heavy atom. The highest BCUT2D eigenvalue weighted by atomic mass is 16.4. The lowest BCUT2D eigenvalue weighted by Gasteiger charge is -1.93. The van der Waals surface area contributed by atoms with Crippen LogP contribution in [0.15, 0.2) is 36.4 Å². The third-order valence-electron chi connectivity index (χ3n) is 0.974. The second-order valence-electron chi connectivity index (χ2n) is 1.92. The lowest BCUT2D eigenvalue weighted by molar-refractivity contribution is 0.421. The molecule has 0 aromatic rings. The van der Waals surface area contributed by atoms with Gasteiger partial charge in [-0.2, -0.15) is 5.26 Å². The van der Waals surface area contributed by atoms with Crippen LogP contribution in [-0.2, 0) is 0 Å². The van der Waals surface area contributed by atoms with Crippen LogP contribution in [0.2, 0.25) is 0 Å². The summed E-state index contributed by atoms with van der Waals surface area (Å²) in [6, 6.07) is 1.77. The van der Waals surface area contributed by atoms with E-state index in [1.165, 1.54) is 12.2 Å². The Kier molecular flexibility index (Phi) is 3.97. The minimum atomic E-state index is -1.57. The monoisotopic (exact) mass is 149 g/mol. The normalized spacial score (nSPS) is 9.18. The Bertz CT molecular complexity index is 237. The average molecular weight is 149 g/mol. The highest BCUT2D eigenvalue weighted by Gasteiger charge is 2.07. The largest absolute Gasteiger partial charge is 0.487 e. The van der Waals surface area contributed by atoms with Gasteiger partial charge in [-0.25, -0.2) is 0 Å². The standard InChI is InChI=1S/C7H8BNO2/c1-6(5-9)3-4-7(2)8(10)11/h3-4,10-11H,1-2H2/b4-3-. The first-order valence-electron chi connectivity index (χ1n) is 2.90. The summed E-state index contributed by atoms with van der Waals surface area (Å²) in [5.74, 6) is 0. The van der Waals surface area contributed by atoms with E-state index >= 15 is 0 Å². The molecule has 3 nitrogen and oxygen atoms in total. The number of hydrogen-bond acceptors (Lipinski definition) is 3. The Labute approximate surface area is 65.7 Å². The first kappa shape index (κ1) is 9.69. The molecule has 0 aliphatic heterocycles. The maximum absolute atomic E-state index is 8.50. The molecule has 0 saturated carbocycles. The van der Waals surface area contributed by atoms with Crippen molar-refractivity contribution in [2.45, 2.75) is 0 Å². The van der Waals surface area contributed by atoms with Crippen molar-refractivity contribution in [2.24, 2.45) is 0 Å². The molecule has 0 saturated heterocycles. The zero-order valence-electron chi connectivity index (χ0n) is 5.99. The fourth-order valence-electron chi connectivity index (χ4n) is 0.331. The van der Waals surface area contributed by atoms with Crippen molar-refractivity contribution >= 4 is 7.12 Å². The van der Waals surface area contributed by atoms with E-state index in [-0.39, 0.29) is 11.0 Å². The lowest BCUT2D eigenvalue weighted by Crippen LogP contribution is -2.12. The van der Waals surface area contributed by atoms with Crippen LogP contribution < -0.4 is 0 Å². The van der Waals surface area contributed by atoms with Crippen LogP contribution in [0.4, 0.5) is 0 Å². The summed E-state index contributed by atoms with van der Waals surface area (Å²) in [6.07, 6.45) is 2.69. The number of nitriles is 1. The zero-order chi connectivity index (χ0) is 8.85. The average Bonchev–Trinajstić information content (AvgIpc) is 1.99. The molecule has 0 bridgehead atoms. The van der Waals surface area contributed by atoms with Crippen molar-refractivity contribution in [3.63, 3.8) is 0 Å². The van der Waals surface area contributed by atoms with E-state index in [1.54, 1.807) is 6.07 Å². The predicted molar refractivity (Wildman–Crippen MR) is 43.2 cm³/mol. The van der Waals surface area contributed by atoms with Crippen molar-refractivity contribution in [1.29, 1.82) is 5.26 Å². The molecule has 56 valence electrons.